The predicted molar refractivity (Wildman–Crippen MR) is 310 cm³/mol. The maximum absolute atomic E-state index is 13.0. The summed E-state index contributed by atoms with van der Waals surface area (Å²) in [6.07, 6.45) is 1.87. The fourth-order valence-electron chi connectivity index (χ4n) is 7.08. The lowest BCUT2D eigenvalue weighted by atomic mass is 10.0. The Hall–Kier alpha value is -6.09. The highest BCUT2D eigenvalue weighted by Crippen LogP contribution is 2.24. The van der Waals surface area contributed by atoms with Crippen LogP contribution in [0.4, 0.5) is 5.69 Å². The smallest absolute Gasteiger partial charge is 0.329 e. The van der Waals surface area contributed by atoms with E-state index >= 15 is 0 Å². The van der Waals surface area contributed by atoms with Gasteiger partial charge in [-0.05, 0) is 72.1 Å². The summed E-state index contributed by atoms with van der Waals surface area (Å²) in [7, 11) is 0. The molecular weight excluding hydrogens is 1150 g/mol. The summed E-state index contributed by atoms with van der Waals surface area (Å²) in [4.78, 5) is 111. The largest absolute Gasteiger partial charge is 0.481 e. The van der Waals surface area contributed by atoms with Gasteiger partial charge in [0.2, 0.25) is 17.7 Å². The Morgan fingerprint density at radius 3 is 1.28 bits per heavy atom. The van der Waals surface area contributed by atoms with Crippen molar-refractivity contribution in [2.45, 2.75) is 90.9 Å². The van der Waals surface area contributed by atoms with Crippen molar-refractivity contribution < 1.29 is 115 Å². The van der Waals surface area contributed by atoms with Crippen molar-refractivity contribution in [2.24, 2.45) is 0 Å². The molecule has 0 unspecified atom stereocenters. The molecule has 29 nitrogen and oxygen atoms in total. The standard InChI is InChI=1S/C58H93N5O24/c1-57(2,3)86-54(71)14-10-47(56(73)87-58(4,5)6)62-48(64)15-17-74-19-21-76-23-25-78-27-29-80-31-33-82-35-37-84-39-40-85-38-36-83-34-32-81-30-28-79-26-24-77-22-20-75-18-16-59-49(65)42-60-50(66)43-61-55(72)46-41-45(63-51(67)11-12-52(63)68)9-7-44(46)8-13-53(69)70/h7,9,11-12,41,47H,8,10,13-40,42-43H2,1-6H3,(H,59,65)(H,60,66)(H,61,72)(H,62,64)(H,69,70)/t47-/m0/s1. The summed E-state index contributed by atoms with van der Waals surface area (Å²) < 4.78 is 76.6. The highest BCUT2D eigenvalue weighted by molar-refractivity contribution is 6.28. The second-order valence-electron chi connectivity index (χ2n) is 20.8. The molecule has 1 atom stereocenters. The third kappa shape index (κ3) is 41.7. The van der Waals surface area contributed by atoms with E-state index in [-0.39, 0.29) is 82.9 Å². The van der Waals surface area contributed by atoms with Gasteiger partial charge in [0.1, 0.15) is 17.2 Å². The molecule has 0 radical (unpaired) electrons. The molecule has 0 saturated heterocycles. The molecular formula is C58H93N5O24. The van der Waals surface area contributed by atoms with E-state index in [4.69, 9.17) is 71.4 Å². The number of anilines is 1. The van der Waals surface area contributed by atoms with Gasteiger partial charge in [0.05, 0.1) is 177 Å². The Labute approximate surface area is 509 Å². The minimum atomic E-state index is -1.09. The minimum Gasteiger partial charge on any atom is -0.481 e. The number of aryl methyl sites for hydroxylation is 1. The zero-order valence-electron chi connectivity index (χ0n) is 51.4. The molecule has 6 amide bonds. The monoisotopic (exact) mass is 1240 g/mol. The SMILES string of the molecule is CC(C)(C)OC(=O)CC[C@H](NC(=O)CCOCCOCCOCCOCCOCCOCCOCCOCCOCCOCCOCCOCCNC(=O)CNC(=O)CNC(=O)c1cc(N2C(=O)C=CC2=O)ccc1CCC(=O)O)C(=O)OC(C)(C)C. The quantitative estimate of drug-likeness (QED) is 0.0339. The first kappa shape index (κ1) is 77.0. The van der Waals surface area contributed by atoms with E-state index in [0.717, 1.165) is 17.1 Å². The maximum atomic E-state index is 13.0. The third-order valence-corrected chi connectivity index (χ3v) is 11.1. The molecule has 0 saturated carbocycles. The van der Waals surface area contributed by atoms with E-state index in [1.807, 2.05) is 0 Å². The fourth-order valence-corrected chi connectivity index (χ4v) is 7.08. The number of amides is 6. The van der Waals surface area contributed by atoms with Gasteiger partial charge >= 0.3 is 17.9 Å². The van der Waals surface area contributed by atoms with Crippen LogP contribution in [0, 0.1) is 0 Å². The second-order valence-corrected chi connectivity index (χ2v) is 20.8. The van der Waals surface area contributed by atoms with Gasteiger partial charge in [0, 0.05) is 43.5 Å². The lowest BCUT2D eigenvalue weighted by Gasteiger charge is -2.25. The zero-order valence-corrected chi connectivity index (χ0v) is 51.4. The Morgan fingerprint density at radius 1 is 0.471 bits per heavy atom. The molecule has 1 aromatic rings. The molecule has 1 aromatic carbocycles. The molecule has 0 bridgehead atoms. The molecule has 29 heteroatoms. The highest BCUT2D eigenvalue weighted by Gasteiger charge is 2.29. The summed E-state index contributed by atoms with van der Waals surface area (Å²) in [5, 5.41) is 19.1. The molecule has 2 rings (SSSR count). The summed E-state index contributed by atoms with van der Waals surface area (Å²) in [5.74, 6) is -5.69. The van der Waals surface area contributed by atoms with Crippen LogP contribution in [0.25, 0.3) is 0 Å². The van der Waals surface area contributed by atoms with Crippen molar-refractivity contribution in [3.63, 3.8) is 0 Å². The first-order chi connectivity index (χ1) is 41.6. The van der Waals surface area contributed by atoms with Gasteiger partial charge in [-0.15, -0.1) is 0 Å². The topological polar surface area (TPSA) is 354 Å². The average Bonchev–Trinajstić information content (AvgIpc) is 2.62. The van der Waals surface area contributed by atoms with Crippen LogP contribution in [0.2, 0.25) is 0 Å². The molecule has 0 aromatic heterocycles. The van der Waals surface area contributed by atoms with Gasteiger partial charge in [0.15, 0.2) is 0 Å². The van der Waals surface area contributed by atoms with Crippen LogP contribution in [-0.2, 0) is 111 Å². The lowest BCUT2D eigenvalue weighted by molar-refractivity contribution is -0.160. The van der Waals surface area contributed by atoms with Crippen molar-refractivity contribution in [1.29, 1.82) is 0 Å². The van der Waals surface area contributed by atoms with E-state index in [9.17, 15) is 43.2 Å². The molecule has 0 spiro atoms. The summed E-state index contributed by atoms with van der Waals surface area (Å²) in [6, 6.07) is 3.15. The molecule has 1 aliphatic rings. The van der Waals surface area contributed by atoms with E-state index in [1.54, 1.807) is 41.5 Å². The van der Waals surface area contributed by atoms with Crippen LogP contribution in [0.3, 0.4) is 0 Å². The normalized spacial score (nSPS) is 12.7. The Morgan fingerprint density at radius 2 is 0.862 bits per heavy atom. The number of ether oxygens (including phenoxy) is 14. The van der Waals surface area contributed by atoms with Crippen LogP contribution >= 0.6 is 0 Å². The molecule has 1 aliphatic heterocycles. The molecule has 494 valence electrons. The number of nitrogens with one attached hydrogen (secondary N) is 4. The van der Waals surface area contributed by atoms with Crippen LogP contribution in [0.5, 0.6) is 0 Å². The van der Waals surface area contributed by atoms with E-state index in [1.165, 1.54) is 18.2 Å². The number of carbonyl (C=O) groups excluding carboxylic acids is 8. The van der Waals surface area contributed by atoms with Crippen molar-refractivity contribution in [1.82, 2.24) is 21.3 Å². The van der Waals surface area contributed by atoms with Crippen LogP contribution in [0.15, 0.2) is 30.4 Å². The Bertz CT molecular complexity index is 2200. The molecule has 87 heavy (non-hydrogen) atoms. The average molecular weight is 1240 g/mol. The number of carboxylic acids is 1. The first-order valence-electron chi connectivity index (χ1n) is 29.0. The number of carbonyl (C=O) groups is 9. The van der Waals surface area contributed by atoms with Gasteiger partial charge in [-0.25, -0.2) is 9.69 Å². The number of carboxylic acid groups (broad SMARTS) is 1. The van der Waals surface area contributed by atoms with Gasteiger partial charge in [0.25, 0.3) is 17.7 Å². The Balaban J connectivity index is 1.28. The van der Waals surface area contributed by atoms with E-state index in [2.05, 4.69) is 21.3 Å². The van der Waals surface area contributed by atoms with Crippen molar-refractivity contribution in [3.8, 4) is 0 Å². The summed E-state index contributed by atoms with van der Waals surface area (Å²) in [5.41, 5.74) is -0.991. The molecule has 0 aliphatic carbocycles. The van der Waals surface area contributed by atoms with Crippen molar-refractivity contribution in [2.75, 3.05) is 183 Å². The molecule has 5 N–H and O–H groups in total. The third-order valence-electron chi connectivity index (χ3n) is 11.1. The van der Waals surface area contributed by atoms with Gasteiger partial charge in [-0.3, -0.25) is 38.4 Å². The van der Waals surface area contributed by atoms with E-state index in [0.29, 0.717) is 138 Å². The van der Waals surface area contributed by atoms with Crippen LogP contribution < -0.4 is 26.2 Å². The number of hydrogen-bond acceptors (Lipinski definition) is 23. The number of rotatable bonds is 53. The van der Waals surface area contributed by atoms with Gasteiger partial charge < -0.3 is 92.7 Å². The van der Waals surface area contributed by atoms with Crippen LogP contribution in [-0.4, -0.2) is 254 Å². The lowest BCUT2D eigenvalue weighted by Crippen LogP contribution is -2.44. The fraction of sp³-hybridized carbons (Fsp3) is 0.707. The predicted octanol–water partition coefficient (Wildman–Crippen LogP) is 0.633. The number of imide groups is 1. The van der Waals surface area contributed by atoms with Crippen molar-refractivity contribution >= 4 is 59.0 Å². The zero-order chi connectivity index (χ0) is 64.0. The highest BCUT2D eigenvalue weighted by atomic mass is 16.6. The number of esters is 2. The summed E-state index contributed by atoms with van der Waals surface area (Å²) >= 11 is 0. The maximum Gasteiger partial charge on any atom is 0.329 e. The first-order valence-corrected chi connectivity index (χ1v) is 29.0. The molecule has 0 fully saturated rings. The number of benzene rings is 1. The number of hydrogen-bond donors (Lipinski definition) is 5. The number of nitrogens with zero attached hydrogens (tertiary/aromatic N) is 1. The summed E-state index contributed by atoms with van der Waals surface area (Å²) in [6.45, 7) is 18.5. The van der Waals surface area contributed by atoms with Gasteiger partial charge in [-0.1, -0.05) is 6.07 Å². The van der Waals surface area contributed by atoms with Crippen LogP contribution in [0.1, 0.15) is 83.1 Å². The molecule has 1 heterocycles. The second kappa shape index (κ2) is 47.0. The number of aliphatic carboxylic acids is 1. The van der Waals surface area contributed by atoms with E-state index < -0.39 is 77.1 Å². The minimum absolute atomic E-state index is 0.0111. The van der Waals surface area contributed by atoms with Crippen molar-refractivity contribution in [3.05, 3.63) is 41.5 Å². The van der Waals surface area contributed by atoms with Gasteiger partial charge in [-0.2, -0.15) is 0 Å². The Kier molecular flexibility index (Phi) is 41.6.